The van der Waals surface area contributed by atoms with Crippen molar-refractivity contribution in [2.75, 3.05) is 23.7 Å². The molecule has 1 saturated carbocycles. The lowest BCUT2D eigenvalue weighted by Crippen LogP contribution is -2.32. The average molecular weight is 580 g/mol. The summed E-state index contributed by atoms with van der Waals surface area (Å²) in [6.07, 6.45) is 5.06. The third-order valence-corrected chi connectivity index (χ3v) is 9.83. The van der Waals surface area contributed by atoms with Crippen molar-refractivity contribution in [2.24, 2.45) is 11.8 Å². The Morgan fingerprint density at radius 1 is 0.738 bits per heavy atom. The standard InChI is InChI=1S/C34H37N5O2S/c1-2-24-18-20-28(21-19-24)37-33-30-11-5-6-12-31(30)38-34(39-33)35-22-25-14-16-26(17-15-25)23-36-42(40,41)32-13-7-9-27-8-3-4-10-29(27)32/h3-13,18-21,25-26,36H,2,14-17,22-23H2,1H3,(H2,35,37,38,39)/t25-,26-. The van der Waals surface area contributed by atoms with Crippen LogP contribution in [0.4, 0.5) is 17.5 Å². The second-order valence-electron chi connectivity index (χ2n) is 11.2. The molecule has 0 radical (unpaired) electrons. The van der Waals surface area contributed by atoms with Crippen LogP contribution in [-0.2, 0) is 16.4 Å². The van der Waals surface area contributed by atoms with Crippen molar-refractivity contribution < 1.29 is 8.42 Å². The van der Waals surface area contributed by atoms with Gasteiger partial charge in [-0.05, 0) is 85.2 Å². The minimum Gasteiger partial charge on any atom is -0.354 e. The zero-order chi connectivity index (χ0) is 28.9. The Labute approximate surface area is 247 Å². The van der Waals surface area contributed by atoms with Crippen LogP contribution in [0.5, 0.6) is 0 Å². The molecule has 216 valence electrons. The lowest BCUT2D eigenvalue weighted by Gasteiger charge is -2.28. The fourth-order valence-corrected chi connectivity index (χ4v) is 7.17. The molecule has 0 spiro atoms. The van der Waals surface area contributed by atoms with Gasteiger partial charge in [0.05, 0.1) is 10.4 Å². The second-order valence-corrected chi connectivity index (χ2v) is 12.9. The van der Waals surface area contributed by atoms with Gasteiger partial charge in [-0.25, -0.2) is 18.1 Å². The molecule has 1 aliphatic carbocycles. The Kier molecular flexibility index (Phi) is 8.35. The van der Waals surface area contributed by atoms with Crippen molar-refractivity contribution in [3.8, 4) is 0 Å². The molecule has 6 rings (SSSR count). The highest BCUT2D eigenvalue weighted by Crippen LogP contribution is 2.30. The van der Waals surface area contributed by atoms with E-state index in [0.717, 1.165) is 71.8 Å². The number of rotatable bonds is 10. The maximum Gasteiger partial charge on any atom is 0.241 e. The van der Waals surface area contributed by atoms with Gasteiger partial charge in [0, 0.05) is 29.5 Å². The number of para-hydroxylation sites is 1. The van der Waals surface area contributed by atoms with E-state index in [1.165, 1.54) is 5.56 Å². The van der Waals surface area contributed by atoms with E-state index in [4.69, 9.17) is 9.97 Å². The minimum absolute atomic E-state index is 0.331. The molecule has 0 saturated heterocycles. The van der Waals surface area contributed by atoms with E-state index in [1.807, 2.05) is 54.6 Å². The summed E-state index contributed by atoms with van der Waals surface area (Å²) >= 11 is 0. The molecule has 0 aliphatic heterocycles. The minimum atomic E-state index is -3.58. The van der Waals surface area contributed by atoms with Gasteiger partial charge >= 0.3 is 0 Å². The molecule has 1 aromatic heterocycles. The first kappa shape index (κ1) is 28.1. The van der Waals surface area contributed by atoms with E-state index in [9.17, 15) is 8.42 Å². The third kappa shape index (κ3) is 6.40. The Balaban J connectivity index is 1.05. The summed E-state index contributed by atoms with van der Waals surface area (Å²) in [5, 5.41) is 9.63. The number of aromatic nitrogens is 2. The van der Waals surface area contributed by atoms with Gasteiger partial charge in [0.25, 0.3) is 0 Å². The maximum absolute atomic E-state index is 13.1. The zero-order valence-corrected chi connectivity index (χ0v) is 24.7. The summed E-state index contributed by atoms with van der Waals surface area (Å²) in [5.41, 5.74) is 3.19. The number of nitrogens with zero attached hydrogens (tertiary/aromatic N) is 2. The molecule has 8 heteroatoms. The van der Waals surface area contributed by atoms with Crippen LogP contribution in [0.1, 0.15) is 38.2 Å². The predicted molar refractivity (Wildman–Crippen MR) is 172 cm³/mol. The largest absolute Gasteiger partial charge is 0.354 e. The lowest BCUT2D eigenvalue weighted by molar-refractivity contribution is 0.284. The summed E-state index contributed by atoms with van der Waals surface area (Å²) in [5.74, 6) is 2.22. The fraction of sp³-hybridized carbons (Fsp3) is 0.294. The van der Waals surface area contributed by atoms with Gasteiger partial charge < -0.3 is 10.6 Å². The number of fused-ring (bicyclic) bond motifs is 2. The van der Waals surface area contributed by atoms with Gasteiger partial charge in [-0.3, -0.25) is 0 Å². The van der Waals surface area contributed by atoms with Crippen molar-refractivity contribution in [3.63, 3.8) is 0 Å². The first-order valence-corrected chi connectivity index (χ1v) is 16.3. The highest BCUT2D eigenvalue weighted by atomic mass is 32.2. The van der Waals surface area contributed by atoms with Crippen molar-refractivity contribution in [1.29, 1.82) is 0 Å². The molecule has 0 amide bonds. The summed E-state index contributed by atoms with van der Waals surface area (Å²) in [6, 6.07) is 29.5. The van der Waals surface area contributed by atoms with E-state index < -0.39 is 10.0 Å². The Bertz CT molecular complexity index is 1780. The number of nitrogens with one attached hydrogen (secondary N) is 3. The first-order chi connectivity index (χ1) is 20.5. The van der Waals surface area contributed by atoms with Crippen LogP contribution in [0.25, 0.3) is 21.7 Å². The number of anilines is 3. The molecule has 42 heavy (non-hydrogen) atoms. The number of hydrogen-bond donors (Lipinski definition) is 3. The summed E-state index contributed by atoms with van der Waals surface area (Å²) in [6.45, 7) is 3.41. The molecule has 5 aromatic rings. The number of sulfonamides is 1. The van der Waals surface area contributed by atoms with Gasteiger partial charge in [0.1, 0.15) is 5.82 Å². The summed E-state index contributed by atoms with van der Waals surface area (Å²) in [7, 11) is -3.58. The smallest absolute Gasteiger partial charge is 0.241 e. The molecule has 7 nitrogen and oxygen atoms in total. The quantitative estimate of drug-likeness (QED) is 0.161. The van der Waals surface area contributed by atoms with E-state index in [0.29, 0.717) is 29.2 Å². The van der Waals surface area contributed by atoms with Crippen LogP contribution in [-0.4, -0.2) is 31.5 Å². The average Bonchev–Trinajstić information content (AvgIpc) is 3.03. The number of aryl methyl sites for hydroxylation is 1. The Morgan fingerprint density at radius 3 is 2.17 bits per heavy atom. The third-order valence-electron chi connectivity index (χ3n) is 8.34. The van der Waals surface area contributed by atoms with Gasteiger partial charge in [0.15, 0.2) is 0 Å². The van der Waals surface area contributed by atoms with Crippen LogP contribution in [0.2, 0.25) is 0 Å². The van der Waals surface area contributed by atoms with Gasteiger partial charge in [-0.2, -0.15) is 4.98 Å². The van der Waals surface area contributed by atoms with Gasteiger partial charge in [-0.1, -0.05) is 67.6 Å². The zero-order valence-electron chi connectivity index (χ0n) is 23.9. The topological polar surface area (TPSA) is 96.0 Å². The normalized spacial score (nSPS) is 17.4. The highest BCUT2D eigenvalue weighted by molar-refractivity contribution is 7.89. The molecule has 1 heterocycles. The fourth-order valence-electron chi connectivity index (χ4n) is 5.82. The molecule has 0 atom stereocenters. The second kappa shape index (κ2) is 12.5. The van der Waals surface area contributed by atoms with Gasteiger partial charge in [-0.15, -0.1) is 0 Å². The summed E-state index contributed by atoms with van der Waals surface area (Å²) in [4.78, 5) is 9.95. The van der Waals surface area contributed by atoms with Crippen LogP contribution in [0.3, 0.4) is 0 Å². The molecule has 0 bridgehead atoms. The molecule has 3 N–H and O–H groups in total. The van der Waals surface area contributed by atoms with Crippen molar-refractivity contribution in [2.45, 2.75) is 43.9 Å². The highest BCUT2D eigenvalue weighted by Gasteiger charge is 2.24. The Morgan fingerprint density at radius 2 is 1.40 bits per heavy atom. The van der Waals surface area contributed by atoms with E-state index >= 15 is 0 Å². The van der Waals surface area contributed by atoms with E-state index in [1.54, 1.807) is 12.1 Å². The Hall–Kier alpha value is -4.01. The van der Waals surface area contributed by atoms with Gasteiger partial charge in [0.2, 0.25) is 16.0 Å². The van der Waals surface area contributed by atoms with Crippen LogP contribution < -0.4 is 15.4 Å². The molecular formula is C34H37N5O2S. The first-order valence-electron chi connectivity index (χ1n) is 14.8. The molecule has 4 aromatic carbocycles. The lowest BCUT2D eigenvalue weighted by atomic mass is 9.82. The van der Waals surface area contributed by atoms with Crippen LogP contribution in [0.15, 0.2) is 95.9 Å². The number of benzene rings is 4. The molecular weight excluding hydrogens is 542 g/mol. The SMILES string of the molecule is CCc1ccc(Nc2nc(NC[C@H]3CC[C@H](CNS(=O)(=O)c4cccc5ccccc45)CC3)nc3ccccc23)cc1. The van der Waals surface area contributed by atoms with Crippen LogP contribution in [0, 0.1) is 11.8 Å². The van der Waals surface area contributed by atoms with E-state index in [-0.39, 0.29) is 0 Å². The molecule has 0 unspecified atom stereocenters. The molecule has 1 fully saturated rings. The molecule has 1 aliphatic rings. The summed E-state index contributed by atoms with van der Waals surface area (Å²) < 4.78 is 29.2. The maximum atomic E-state index is 13.1. The van der Waals surface area contributed by atoms with E-state index in [2.05, 4.69) is 46.5 Å². The monoisotopic (exact) mass is 579 g/mol. The van der Waals surface area contributed by atoms with Crippen molar-refractivity contribution >= 4 is 49.2 Å². The predicted octanol–water partition coefficient (Wildman–Crippen LogP) is 7.29. The number of hydrogen-bond acceptors (Lipinski definition) is 6. The van der Waals surface area contributed by atoms with Crippen molar-refractivity contribution in [3.05, 3.63) is 96.6 Å². The van der Waals surface area contributed by atoms with Crippen LogP contribution >= 0.6 is 0 Å². The van der Waals surface area contributed by atoms with Crippen molar-refractivity contribution in [1.82, 2.24) is 14.7 Å².